The normalized spacial score (nSPS) is 47.6. The van der Waals surface area contributed by atoms with E-state index in [0.717, 1.165) is 29.1 Å². The third kappa shape index (κ3) is 2.47. The fraction of sp³-hybridized carbons (Fsp3) is 0.895. The SMILES string of the molecule is CC1=CC(C)CN(CCC23CC4CC(CC(C4)C2)C3)C1. The molecule has 1 nitrogen and oxygen atoms in total. The Morgan fingerprint density at radius 1 is 1.10 bits per heavy atom. The highest BCUT2D eigenvalue weighted by molar-refractivity contribution is 5.08. The van der Waals surface area contributed by atoms with Gasteiger partial charge in [0, 0.05) is 13.1 Å². The van der Waals surface area contributed by atoms with E-state index in [1.54, 1.807) is 44.1 Å². The zero-order chi connectivity index (χ0) is 13.7. The summed E-state index contributed by atoms with van der Waals surface area (Å²) < 4.78 is 0. The monoisotopic (exact) mass is 273 g/mol. The van der Waals surface area contributed by atoms with Crippen LogP contribution in [-0.4, -0.2) is 24.5 Å². The van der Waals surface area contributed by atoms with Crippen molar-refractivity contribution in [2.24, 2.45) is 29.1 Å². The second-order valence-corrected chi connectivity index (χ2v) is 8.89. The highest BCUT2D eigenvalue weighted by Crippen LogP contribution is 2.61. The van der Waals surface area contributed by atoms with Gasteiger partial charge in [0.2, 0.25) is 0 Å². The maximum Gasteiger partial charge on any atom is 0.0190 e. The lowest BCUT2D eigenvalue weighted by molar-refractivity contribution is -0.0610. The number of hydrogen-bond donors (Lipinski definition) is 0. The molecule has 0 aromatic heterocycles. The van der Waals surface area contributed by atoms with Crippen molar-refractivity contribution < 1.29 is 0 Å². The molecule has 1 aliphatic heterocycles. The molecule has 0 aromatic carbocycles. The van der Waals surface area contributed by atoms with Gasteiger partial charge in [-0.1, -0.05) is 18.6 Å². The molecule has 4 saturated carbocycles. The zero-order valence-electron chi connectivity index (χ0n) is 13.4. The summed E-state index contributed by atoms with van der Waals surface area (Å²) in [5, 5.41) is 0. The molecular formula is C19H31N. The highest BCUT2D eigenvalue weighted by atomic mass is 15.1. The minimum Gasteiger partial charge on any atom is -0.299 e. The lowest BCUT2D eigenvalue weighted by Gasteiger charge is -2.57. The first kappa shape index (κ1) is 13.4. The van der Waals surface area contributed by atoms with Crippen LogP contribution < -0.4 is 0 Å². The van der Waals surface area contributed by atoms with Crippen LogP contribution >= 0.6 is 0 Å². The smallest absolute Gasteiger partial charge is 0.0190 e. The van der Waals surface area contributed by atoms with Gasteiger partial charge in [0.25, 0.3) is 0 Å². The Morgan fingerprint density at radius 3 is 2.25 bits per heavy atom. The summed E-state index contributed by atoms with van der Waals surface area (Å²) in [6.45, 7) is 8.58. The first-order valence-electron chi connectivity index (χ1n) is 9.00. The van der Waals surface area contributed by atoms with Crippen LogP contribution in [0.4, 0.5) is 0 Å². The van der Waals surface area contributed by atoms with Crippen molar-refractivity contribution in [1.82, 2.24) is 4.90 Å². The number of hydrogen-bond acceptors (Lipinski definition) is 1. The van der Waals surface area contributed by atoms with E-state index < -0.39 is 0 Å². The molecule has 20 heavy (non-hydrogen) atoms. The predicted molar refractivity (Wildman–Crippen MR) is 84.6 cm³/mol. The predicted octanol–water partition coefficient (Wildman–Crippen LogP) is 4.49. The van der Waals surface area contributed by atoms with E-state index in [1.807, 2.05) is 0 Å². The van der Waals surface area contributed by atoms with Crippen molar-refractivity contribution in [1.29, 1.82) is 0 Å². The molecule has 4 bridgehead atoms. The molecule has 1 heterocycles. The minimum absolute atomic E-state index is 0.764. The van der Waals surface area contributed by atoms with E-state index in [0.29, 0.717) is 0 Å². The summed E-state index contributed by atoms with van der Waals surface area (Å²) in [7, 11) is 0. The zero-order valence-corrected chi connectivity index (χ0v) is 13.4. The molecule has 0 amide bonds. The Morgan fingerprint density at radius 2 is 1.70 bits per heavy atom. The van der Waals surface area contributed by atoms with E-state index in [4.69, 9.17) is 0 Å². The van der Waals surface area contributed by atoms with Gasteiger partial charge in [-0.3, -0.25) is 4.90 Å². The van der Waals surface area contributed by atoms with Gasteiger partial charge in [-0.2, -0.15) is 0 Å². The molecule has 5 aliphatic rings. The molecule has 112 valence electrons. The number of nitrogens with zero attached hydrogens (tertiary/aromatic N) is 1. The summed E-state index contributed by atoms with van der Waals surface area (Å²) in [5.41, 5.74) is 2.36. The van der Waals surface area contributed by atoms with Crippen LogP contribution in [0.15, 0.2) is 11.6 Å². The van der Waals surface area contributed by atoms with Crippen LogP contribution in [0.2, 0.25) is 0 Å². The molecule has 4 fully saturated rings. The van der Waals surface area contributed by atoms with Crippen LogP contribution in [0.3, 0.4) is 0 Å². The summed E-state index contributed by atoms with van der Waals surface area (Å²) in [4.78, 5) is 2.73. The average molecular weight is 273 g/mol. The maximum atomic E-state index is 2.73. The van der Waals surface area contributed by atoms with E-state index in [1.165, 1.54) is 26.1 Å². The van der Waals surface area contributed by atoms with Gasteiger partial charge in [-0.25, -0.2) is 0 Å². The van der Waals surface area contributed by atoms with Gasteiger partial charge in [-0.05, 0) is 87.5 Å². The van der Waals surface area contributed by atoms with Gasteiger partial charge in [0.15, 0.2) is 0 Å². The summed E-state index contributed by atoms with van der Waals surface area (Å²) in [5.74, 6) is 4.11. The van der Waals surface area contributed by atoms with Crippen molar-refractivity contribution >= 4 is 0 Å². The van der Waals surface area contributed by atoms with E-state index in [-0.39, 0.29) is 0 Å². The van der Waals surface area contributed by atoms with Crippen molar-refractivity contribution in [3.05, 3.63) is 11.6 Å². The minimum atomic E-state index is 0.764. The molecule has 1 heteroatoms. The molecule has 0 saturated heterocycles. The quantitative estimate of drug-likeness (QED) is 0.685. The molecule has 1 unspecified atom stereocenters. The van der Waals surface area contributed by atoms with Gasteiger partial charge < -0.3 is 0 Å². The van der Waals surface area contributed by atoms with Crippen molar-refractivity contribution in [2.75, 3.05) is 19.6 Å². The van der Waals surface area contributed by atoms with Crippen LogP contribution in [0.5, 0.6) is 0 Å². The standard InChI is InChI=1S/C19H31N/c1-14-5-15(2)13-20(12-14)4-3-19-9-16-6-17(10-19)8-18(7-16)11-19/h5,14,16-18H,3-4,6-13H2,1-2H3. The topological polar surface area (TPSA) is 3.24 Å². The van der Waals surface area contributed by atoms with Crippen molar-refractivity contribution in [3.63, 3.8) is 0 Å². The second-order valence-electron chi connectivity index (χ2n) is 8.89. The summed E-state index contributed by atoms with van der Waals surface area (Å²) in [6, 6.07) is 0. The summed E-state index contributed by atoms with van der Waals surface area (Å²) in [6.07, 6.45) is 13.5. The van der Waals surface area contributed by atoms with Gasteiger partial charge in [0.05, 0.1) is 0 Å². The Kier molecular flexibility index (Phi) is 3.25. The lowest BCUT2D eigenvalue weighted by Crippen LogP contribution is -2.47. The number of rotatable bonds is 3. The largest absolute Gasteiger partial charge is 0.299 e. The van der Waals surface area contributed by atoms with E-state index >= 15 is 0 Å². The van der Waals surface area contributed by atoms with E-state index in [9.17, 15) is 0 Å². The van der Waals surface area contributed by atoms with Gasteiger partial charge in [0.1, 0.15) is 0 Å². The third-order valence-corrected chi connectivity index (χ3v) is 6.71. The van der Waals surface area contributed by atoms with Crippen molar-refractivity contribution in [3.8, 4) is 0 Å². The maximum absolute atomic E-state index is 2.73. The first-order valence-corrected chi connectivity index (χ1v) is 9.00. The van der Waals surface area contributed by atoms with Crippen LogP contribution in [0.25, 0.3) is 0 Å². The summed E-state index contributed by atoms with van der Waals surface area (Å²) >= 11 is 0. The lowest BCUT2D eigenvalue weighted by atomic mass is 9.49. The molecule has 0 aromatic rings. The second kappa shape index (κ2) is 4.87. The first-order chi connectivity index (χ1) is 9.60. The Labute approximate surface area is 124 Å². The van der Waals surface area contributed by atoms with Crippen LogP contribution in [0, 0.1) is 29.1 Å². The van der Waals surface area contributed by atoms with Crippen LogP contribution in [-0.2, 0) is 0 Å². The molecular weight excluding hydrogens is 242 g/mol. The average Bonchev–Trinajstić information content (AvgIpc) is 2.34. The highest BCUT2D eigenvalue weighted by Gasteiger charge is 2.50. The fourth-order valence-electron chi connectivity index (χ4n) is 6.58. The molecule has 5 rings (SSSR count). The fourth-order valence-corrected chi connectivity index (χ4v) is 6.58. The molecule has 0 radical (unpaired) electrons. The van der Waals surface area contributed by atoms with Crippen LogP contribution in [0.1, 0.15) is 58.8 Å². The molecule has 0 N–H and O–H groups in total. The Hall–Kier alpha value is -0.300. The molecule has 4 aliphatic carbocycles. The third-order valence-electron chi connectivity index (χ3n) is 6.71. The molecule has 0 spiro atoms. The van der Waals surface area contributed by atoms with Gasteiger partial charge in [-0.15, -0.1) is 0 Å². The Bertz CT molecular complexity index is 373. The Balaban J connectivity index is 1.39. The van der Waals surface area contributed by atoms with Crippen molar-refractivity contribution in [2.45, 2.75) is 58.8 Å². The van der Waals surface area contributed by atoms with E-state index in [2.05, 4.69) is 24.8 Å². The molecule has 1 atom stereocenters. The van der Waals surface area contributed by atoms with Gasteiger partial charge >= 0.3 is 0 Å².